The minimum Gasteiger partial charge on any atom is -0.492 e. The Hall–Kier alpha value is -2.56. The third kappa shape index (κ3) is 4.98. The fraction of sp³-hybridized carbons (Fsp3) is 0.333. The van der Waals surface area contributed by atoms with E-state index in [1.807, 2.05) is 37.3 Å². The van der Waals surface area contributed by atoms with Crippen LogP contribution < -0.4 is 15.4 Å². The molecule has 2 N–H and O–H groups in total. The van der Waals surface area contributed by atoms with Crippen molar-refractivity contribution < 1.29 is 9.53 Å². The third-order valence-corrected chi connectivity index (χ3v) is 3.30. The van der Waals surface area contributed by atoms with Crippen LogP contribution in [-0.4, -0.2) is 24.0 Å². The van der Waals surface area contributed by atoms with Crippen molar-refractivity contribution in [1.82, 2.24) is 4.98 Å². The molecule has 0 fully saturated rings. The maximum atomic E-state index is 12.3. The molecule has 0 aliphatic rings. The van der Waals surface area contributed by atoms with Gasteiger partial charge in [0.05, 0.1) is 17.9 Å². The second-order valence-corrected chi connectivity index (χ2v) is 5.10. The summed E-state index contributed by atoms with van der Waals surface area (Å²) in [6.45, 7) is 5.48. The molecular weight excluding hydrogens is 290 g/mol. The van der Waals surface area contributed by atoms with Crippen LogP contribution in [0.15, 0.2) is 42.6 Å². The molecular formula is C18H23N3O2. The highest BCUT2D eigenvalue weighted by atomic mass is 16.5. The van der Waals surface area contributed by atoms with E-state index in [9.17, 15) is 4.79 Å². The van der Waals surface area contributed by atoms with Gasteiger partial charge in [0, 0.05) is 12.7 Å². The van der Waals surface area contributed by atoms with Gasteiger partial charge in [-0.25, -0.2) is 4.98 Å². The zero-order valence-electron chi connectivity index (χ0n) is 13.6. The van der Waals surface area contributed by atoms with E-state index >= 15 is 0 Å². The summed E-state index contributed by atoms with van der Waals surface area (Å²) in [5.41, 5.74) is 1.17. The number of pyridine rings is 1. The summed E-state index contributed by atoms with van der Waals surface area (Å²) in [5.74, 6) is 1.24. The summed E-state index contributed by atoms with van der Waals surface area (Å²) in [5, 5.41) is 6.08. The topological polar surface area (TPSA) is 63.2 Å². The average Bonchev–Trinajstić information content (AvgIpc) is 2.58. The molecule has 5 heteroatoms. The van der Waals surface area contributed by atoms with Crippen molar-refractivity contribution in [1.29, 1.82) is 0 Å². The van der Waals surface area contributed by atoms with Gasteiger partial charge in [-0.3, -0.25) is 4.79 Å². The Morgan fingerprint density at radius 3 is 2.70 bits per heavy atom. The number of nitrogens with zero attached hydrogens (tertiary/aromatic N) is 1. The number of carbonyl (C=O) groups excluding carboxylic acids is 1. The highest BCUT2D eigenvalue weighted by Gasteiger charge is 2.10. The van der Waals surface area contributed by atoms with Crippen LogP contribution in [0, 0.1) is 0 Å². The number of unbranched alkanes of at least 4 members (excludes halogenated alkanes) is 1. The molecule has 122 valence electrons. The summed E-state index contributed by atoms with van der Waals surface area (Å²) < 4.78 is 5.51. The van der Waals surface area contributed by atoms with Gasteiger partial charge in [0.2, 0.25) is 0 Å². The number of carbonyl (C=O) groups is 1. The summed E-state index contributed by atoms with van der Waals surface area (Å²) in [6, 6.07) is 11.0. The zero-order chi connectivity index (χ0) is 16.5. The number of hydrogen-bond acceptors (Lipinski definition) is 4. The standard InChI is InChI=1S/C18H23N3O2/c1-3-5-12-19-17-11-10-14(13-20-17)18(22)21-15-8-6-7-9-16(15)23-4-2/h6-11,13H,3-5,12H2,1-2H3,(H,19,20)(H,21,22). The van der Waals surface area contributed by atoms with Crippen LogP contribution in [0.4, 0.5) is 11.5 Å². The first-order chi connectivity index (χ1) is 11.2. The van der Waals surface area contributed by atoms with Gasteiger partial charge in [0.1, 0.15) is 11.6 Å². The van der Waals surface area contributed by atoms with Crippen LogP contribution in [0.5, 0.6) is 5.75 Å². The molecule has 2 rings (SSSR count). The zero-order valence-corrected chi connectivity index (χ0v) is 13.6. The number of para-hydroxylation sites is 2. The normalized spacial score (nSPS) is 10.2. The number of anilines is 2. The lowest BCUT2D eigenvalue weighted by Gasteiger charge is -2.11. The van der Waals surface area contributed by atoms with Crippen molar-refractivity contribution in [2.75, 3.05) is 23.8 Å². The van der Waals surface area contributed by atoms with Crippen LogP contribution in [0.3, 0.4) is 0 Å². The van der Waals surface area contributed by atoms with E-state index in [1.165, 1.54) is 0 Å². The van der Waals surface area contributed by atoms with E-state index in [0.717, 1.165) is 25.2 Å². The SMILES string of the molecule is CCCCNc1ccc(C(=O)Nc2ccccc2OCC)cn1. The molecule has 0 saturated heterocycles. The fourth-order valence-corrected chi connectivity index (χ4v) is 2.07. The van der Waals surface area contributed by atoms with Gasteiger partial charge in [-0.1, -0.05) is 25.5 Å². The number of benzene rings is 1. The molecule has 1 amide bonds. The quantitative estimate of drug-likeness (QED) is 0.724. The Labute approximate surface area is 137 Å². The smallest absolute Gasteiger partial charge is 0.257 e. The van der Waals surface area contributed by atoms with Crippen molar-refractivity contribution >= 4 is 17.4 Å². The lowest BCUT2D eigenvalue weighted by Crippen LogP contribution is -2.13. The lowest BCUT2D eigenvalue weighted by atomic mass is 10.2. The summed E-state index contributed by atoms with van der Waals surface area (Å²) in [4.78, 5) is 16.6. The number of amides is 1. The second-order valence-electron chi connectivity index (χ2n) is 5.10. The monoisotopic (exact) mass is 313 g/mol. The molecule has 0 radical (unpaired) electrons. The number of ether oxygens (including phenoxy) is 1. The van der Waals surface area contributed by atoms with E-state index < -0.39 is 0 Å². The van der Waals surface area contributed by atoms with Crippen LogP contribution in [-0.2, 0) is 0 Å². The maximum absolute atomic E-state index is 12.3. The largest absolute Gasteiger partial charge is 0.492 e. The Balaban J connectivity index is 2.00. The molecule has 0 bridgehead atoms. The Morgan fingerprint density at radius 1 is 1.17 bits per heavy atom. The van der Waals surface area contributed by atoms with Crippen molar-refractivity contribution in [3.05, 3.63) is 48.2 Å². The predicted octanol–water partition coefficient (Wildman–Crippen LogP) is 3.94. The Kier molecular flexibility index (Phi) is 6.41. The molecule has 2 aromatic rings. The van der Waals surface area contributed by atoms with Crippen LogP contribution in [0.2, 0.25) is 0 Å². The number of rotatable bonds is 8. The highest BCUT2D eigenvalue weighted by molar-refractivity contribution is 6.04. The molecule has 0 spiro atoms. The average molecular weight is 313 g/mol. The maximum Gasteiger partial charge on any atom is 0.257 e. The molecule has 1 aromatic heterocycles. The molecule has 0 aliphatic heterocycles. The molecule has 1 aromatic carbocycles. The molecule has 0 atom stereocenters. The van der Waals surface area contributed by atoms with E-state index in [-0.39, 0.29) is 5.91 Å². The number of nitrogens with one attached hydrogen (secondary N) is 2. The minimum absolute atomic E-state index is 0.204. The van der Waals surface area contributed by atoms with E-state index in [2.05, 4.69) is 22.5 Å². The van der Waals surface area contributed by atoms with Gasteiger partial charge < -0.3 is 15.4 Å². The van der Waals surface area contributed by atoms with Crippen LogP contribution in [0.25, 0.3) is 0 Å². The van der Waals surface area contributed by atoms with Gasteiger partial charge in [-0.2, -0.15) is 0 Å². The van der Waals surface area contributed by atoms with Gasteiger partial charge in [-0.15, -0.1) is 0 Å². The van der Waals surface area contributed by atoms with Gasteiger partial charge in [0.25, 0.3) is 5.91 Å². The number of aromatic nitrogens is 1. The Bertz CT molecular complexity index is 626. The predicted molar refractivity (Wildman–Crippen MR) is 93.2 cm³/mol. The fourth-order valence-electron chi connectivity index (χ4n) is 2.07. The van der Waals surface area contributed by atoms with Crippen LogP contribution in [0.1, 0.15) is 37.0 Å². The van der Waals surface area contributed by atoms with Gasteiger partial charge >= 0.3 is 0 Å². The van der Waals surface area contributed by atoms with Crippen molar-refractivity contribution in [3.8, 4) is 5.75 Å². The summed E-state index contributed by atoms with van der Waals surface area (Å²) >= 11 is 0. The highest BCUT2D eigenvalue weighted by Crippen LogP contribution is 2.24. The van der Waals surface area contributed by atoms with Crippen molar-refractivity contribution in [3.63, 3.8) is 0 Å². The summed E-state index contributed by atoms with van der Waals surface area (Å²) in [7, 11) is 0. The second kappa shape index (κ2) is 8.78. The van der Waals surface area contributed by atoms with Gasteiger partial charge in [0.15, 0.2) is 0 Å². The van der Waals surface area contributed by atoms with E-state index in [4.69, 9.17) is 4.74 Å². The molecule has 23 heavy (non-hydrogen) atoms. The minimum atomic E-state index is -0.204. The third-order valence-electron chi connectivity index (χ3n) is 3.30. The van der Waals surface area contributed by atoms with Crippen LogP contribution >= 0.6 is 0 Å². The number of hydrogen-bond donors (Lipinski definition) is 2. The molecule has 5 nitrogen and oxygen atoms in total. The first kappa shape index (κ1) is 16.8. The molecule has 1 heterocycles. The van der Waals surface area contributed by atoms with E-state index in [0.29, 0.717) is 23.6 Å². The molecule has 0 aliphatic carbocycles. The first-order valence-corrected chi connectivity index (χ1v) is 7.97. The first-order valence-electron chi connectivity index (χ1n) is 7.97. The molecule has 0 unspecified atom stereocenters. The van der Waals surface area contributed by atoms with Crippen molar-refractivity contribution in [2.24, 2.45) is 0 Å². The Morgan fingerprint density at radius 2 is 2.00 bits per heavy atom. The van der Waals surface area contributed by atoms with Gasteiger partial charge in [-0.05, 0) is 37.6 Å². The molecule has 0 saturated carbocycles. The lowest BCUT2D eigenvalue weighted by molar-refractivity contribution is 0.102. The summed E-state index contributed by atoms with van der Waals surface area (Å²) in [6.07, 6.45) is 3.80. The van der Waals surface area contributed by atoms with Crippen molar-refractivity contribution in [2.45, 2.75) is 26.7 Å². The van der Waals surface area contributed by atoms with E-state index in [1.54, 1.807) is 12.3 Å².